The minimum absolute atomic E-state index is 0.0650. The van der Waals surface area contributed by atoms with Crippen LogP contribution in [0.5, 0.6) is 11.5 Å². The molecular formula is C24H22N4O3S. The number of aromatic nitrogens is 2. The Hall–Kier alpha value is -3.52. The highest BCUT2D eigenvalue weighted by molar-refractivity contribution is 8.03. The number of amides is 1. The van der Waals surface area contributed by atoms with Crippen LogP contribution >= 0.6 is 11.8 Å². The highest BCUT2D eigenvalue weighted by Crippen LogP contribution is 2.38. The second kappa shape index (κ2) is 8.92. The molecule has 0 aliphatic carbocycles. The molecule has 2 unspecified atom stereocenters. The van der Waals surface area contributed by atoms with Crippen LogP contribution in [-0.4, -0.2) is 27.5 Å². The lowest BCUT2D eigenvalue weighted by Gasteiger charge is -2.31. The molecule has 3 heterocycles. The molecule has 1 amide bonds. The van der Waals surface area contributed by atoms with Gasteiger partial charge in [-0.1, -0.05) is 42.1 Å². The second-order valence-electron chi connectivity index (χ2n) is 7.56. The molecule has 0 saturated carbocycles. The number of thioether (sulfide) groups is 1. The lowest BCUT2D eigenvalue weighted by Crippen LogP contribution is -2.51. The first-order valence-electron chi connectivity index (χ1n) is 10.4. The van der Waals surface area contributed by atoms with Gasteiger partial charge in [-0.25, -0.2) is 9.97 Å². The van der Waals surface area contributed by atoms with Crippen LogP contribution in [-0.2, 0) is 6.42 Å². The maximum absolute atomic E-state index is 12.4. The summed E-state index contributed by atoms with van der Waals surface area (Å²) in [6.45, 7) is 0.252. The summed E-state index contributed by atoms with van der Waals surface area (Å²) in [6.07, 6.45) is 8.05. The van der Waals surface area contributed by atoms with Crippen LogP contribution < -0.4 is 20.1 Å². The first-order chi connectivity index (χ1) is 15.7. The molecule has 2 aliphatic heterocycles. The molecule has 32 heavy (non-hydrogen) atoms. The molecule has 0 bridgehead atoms. The van der Waals surface area contributed by atoms with Crippen molar-refractivity contribution in [3.05, 3.63) is 95.6 Å². The van der Waals surface area contributed by atoms with Crippen LogP contribution in [0, 0.1) is 0 Å². The number of aryl methyl sites for hydroxylation is 1. The van der Waals surface area contributed by atoms with Gasteiger partial charge in [-0.3, -0.25) is 4.79 Å². The van der Waals surface area contributed by atoms with Gasteiger partial charge in [0, 0.05) is 18.6 Å². The summed E-state index contributed by atoms with van der Waals surface area (Å²) in [5.74, 6) is 1.34. The smallest absolute Gasteiger partial charge is 0.254 e. The van der Waals surface area contributed by atoms with E-state index in [0.29, 0.717) is 11.3 Å². The van der Waals surface area contributed by atoms with E-state index >= 15 is 0 Å². The fraction of sp³-hybridized carbons (Fsp3) is 0.208. The van der Waals surface area contributed by atoms with Gasteiger partial charge in [0.1, 0.15) is 23.9 Å². The molecule has 7 nitrogen and oxygen atoms in total. The third-order valence-electron chi connectivity index (χ3n) is 5.37. The largest absolute Gasteiger partial charge is 0.485 e. The summed E-state index contributed by atoms with van der Waals surface area (Å²) in [5.41, 5.74) is 2.71. The van der Waals surface area contributed by atoms with Crippen molar-refractivity contribution in [2.75, 3.05) is 6.54 Å². The third-order valence-corrected chi connectivity index (χ3v) is 6.36. The number of nitrogens with zero attached hydrogens (tertiary/aromatic N) is 2. The Morgan fingerprint density at radius 3 is 2.84 bits per heavy atom. The quantitative estimate of drug-likeness (QED) is 0.595. The summed E-state index contributed by atoms with van der Waals surface area (Å²) in [4.78, 5) is 20.2. The molecule has 162 valence electrons. The van der Waals surface area contributed by atoms with E-state index in [1.54, 1.807) is 0 Å². The summed E-state index contributed by atoms with van der Waals surface area (Å²) in [5, 5.41) is 7.19. The number of ether oxygens (including phenoxy) is 2. The highest BCUT2D eigenvalue weighted by Gasteiger charge is 2.35. The Balaban J connectivity index is 1.27. The van der Waals surface area contributed by atoms with Crippen molar-refractivity contribution >= 4 is 17.7 Å². The molecule has 2 atom stereocenters. The maximum Gasteiger partial charge on any atom is 0.254 e. The van der Waals surface area contributed by atoms with Gasteiger partial charge in [0.2, 0.25) is 5.06 Å². The number of fused-ring (bicyclic) bond motifs is 1. The standard InChI is InChI=1S/C24H22N4O3S/c29-23(19-13-25-16-26-14-19)27-15-24(28-10-11-32-24)31-20-7-9-22-18(12-20)6-8-21(30-22)17-4-2-1-3-5-17/h1-5,7,9-14,16,21,28H,6,8,15H2,(H,27,29). The molecule has 0 radical (unpaired) electrons. The molecule has 2 aromatic carbocycles. The van der Waals surface area contributed by atoms with Crippen molar-refractivity contribution in [2.24, 2.45) is 0 Å². The Labute approximate surface area is 190 Å². The molecule has 0 spiro atoms. The molecule has 3 aromatic rings. The predicted octanol–water partition coefficient (Wildman–Crippen LogP) is 3.81. The van der Waals surface area contributed by atoms with E-state index in [-0.39, 0.29) is 18.6 Å². The van der Waals surface area contributed by atoms with Gasteiger partial charge < -0.3 is 20.1 Å². The topological polar surface area (TPSA) is 85.4 Å². The van der Waals surface area contributed by atoms with Crippen molar-refractivity contribution in [3.8, 4) is 11.5 Å². The first kappa shape index (κ1) is 20.4. The fourth-order valence-electron chi connectivity index (χ4n) is 3.76. The Kier molecular flexibility index (Phi) is 5.68. The van der Waals surface area contributed by atoms with E-state index in [1.807, 2.05) is 48.0 Å². The average Bonchev–Trinajstić information content (AvgIpc) is 3.32. The van der Waals surface area contributed by atoms with Crippen molar-refractivity contribution in [1.82, 2.24) is 20.6 Å². The SMILES string of the molecule is O=C(NCC1(Oc2ccc3c(c2)CCC(c2ccccc2)O3)NC=CS1)c1cncnc1. The summed E-state index contributed by atoms with van der Waals surface area (Å²) in [7, 11) is 0. The molecule has 0 fully saturated rings. The van der Waals surface area contributed by atoms with Crippen LogP contribution in [0.1, 0.15) is 34.0 Å². The normalized spacial score (nSPS) is 21.2. The van der Waals surface area contributed by atoms with Gasteiger partial charge in [0.15, 0.2) is 0 Å². The van der Waals surface area contributed by atoms with E-state index < -0.39 is 5.06 Å². The van der Waals surface area contributed by atoms with Crippen LogP contribution in [0.2, 0.25) is 0 Å². The van der Waals surface area contributed by atoms with Crippen molar-refractivity contribution in [3.63, 3.8) is 0 Å². The molecule has 2 aliphatic rings. The molecule has 5 rings (SSSR count). The van der Waals surface area contributed by atoms with E-state index in [1.165, 1.54) is 36.0 Å². The van der Waals surface area contributed by atoms with Crippen LogP contribution in [0.4, 0.5) is 0 Å². The molecule has 2 N–H and O–H groups in total. The summed E-state index contributed by atoms with van der Waals surface area (Å²) < 4.78 is 12.6. The van der Waals surface area contributed by atoms with Gasteiger partial charge in [0.05, 0.1) is 12.1 Å². The lowest BCUT2D eigenvalue weighted by molar-refractivity contribution is 0.0894. The van der Waals surface area contributed by atoms with Crippen LogP contribution in [0.3, 0.4) is 0 Å². The Bertz CT molecular complexity index is 1120. The number of carbonyl (C=O) groups excluding carboxylic acids is 1. The van der Waals surface area contributed by atoms with Crippen molar-refractivity contribution < 1.29 is 14.3 Å². The van der Waals surface area contributed by atoms with Gasteiger partial charge in [-0.05, 0) is 47.6 Å². The van der Waals surface area contributed by atoms with Crippen molar-refractivity contribution in [2.45, 2.75) is 24.0 Å². The van der Waals surface area contributed by atoms with Gasteiger partial charge in [0.25, 0.3) is 5.91 Å². The number of rotatable bonds is 6. The summed E-state index contributed by atoms with van der Waals surface area (Å²) >= 11 is 1.47. The minimum atomic E-state index is -0.832. The first-order valence-corrected chi connectivity index (χ1v) is 11.3. The number of nitrogens with one attached hydrogen (secondary N) is 2. The second-order valence-corrected chi connectivity index (χ2v) is 8.72. The van der Waals surface area contributed by atoms with E-state index in [4.69, 9.17) is 9.47 Å². The molecule has 1 aromatic heterocycles. The monoisotopic (exact) mass is 446 g/mol. The number of carbonyl (C=O) groups is 1. The van der Waals surface area contributed by atoms with E-state index in [2.05, 4.69) is 32.7 Å². The predicted molar refractivity (Wildman–Crippen MR) is 122 cm³/mol. The summed E-state index contributed by atoms with van der Waals surface area (Å²) in [6, 6.07) is 16.2. The average molecular weight is 447 g/mol. The fourth-order valence-corrected chi connectivity index (χ4v) is 4.55. The zero-order valence-corrected chi connectivity index (χ0v) is 18.0. The minimum Gasteiger partial charge on any atom is -0.485 e. The molecular weight excluding hydrogens is 424 g/mol. The molecule has 8 heteroatoms. The lowest BCUT2D eigenvalue weighted by atomic mass is 9.97. The van der Waals surface area contributed by atoms with E-state index in [0.717, 1.165) is 24.2 Å². The van der Waals surface area contributed by atoms with E-state index in [9.17, 15) is 4.79 Å². The highest BCUT2D eigenvalue weighted by atomic mass is 32.2. The Morgan fingerprint density at radius 1 is 1.22 bits per heavy atom. The van der Waals surface area contributed by atoms with Gasteiger partial charge in [-0.15, -0.1) is 0 Å². The van der Waals surface area contributed by atoms with Crippen LogP contribution in [0.15, 0.2) is 78.9 Å². The number of hydrogen-bond donors (Lipinski definition) is 2. The van der Waals surface area contributed by atoms with Gasteiger partial charge >= 0.3 is 0 Å². The zero-order valence-electron chi connectivity index (χ0n) is 17.2. The number of hydrogen-bond acceptors (Lipinski definition) is 7. The van der Waals surface area contributed by atoms with Gasteiger partial charge in [-0.2, -0.15) is 0 Å². The maximum atomic E-state index is 12.4. The zero-order chi connectivity index (χ0) is 21.8. The third kappa shape index (κ3) is 4.40. The number of benzene rings is 2. The van der Waals surface area contributed by atoms with Crippen LogP contribution in [0.25, 0.3) is 0 Å². The molecule has 0 saturated heterocycles. The van der Waals surface area contributed by atoms with Crippen molar-refractivity contribution in [1.29, 1.82) is 0 Å². The Morgan fingerprint density at radius 2 is 2.06 bits per heavy atom.